The zero-order valence-corrected chi connectivity index (χ0v) is 12.1. The number of carbonyl (C=O) groups excluding carboxylic acids is 1. The van der Waals surface area contributed by atoms with Crippen LogP contribution in [-0.4, -0.2) is 41.5 Å². The molecule has 0 aromatic heterocycles. The lowest BCUT2D eigenvalue weighted by Gasteiger charge is -2.38. The second-order valence-corrected chi connectivity index (χ2v) is 5.43. The first-order valence-corrected chi connectivity index (χ1v) is 7.37. The Bertz CT molecular complexity index is 481. The summed E-state index contributed by atoms with van der Waals surface area (Å²) in [7, 11) is 0. The number of rotatable bonds is 6. The van der Waals surface area contributed by atoms with E-state index in [1.165, 1.54) is 6.07 Å². The van der Waals surface area contributed by atoms with Gasteiger partial charge in [-0.15, -0.1) is 0 Å². The highest BCUT2D eigenvalue weighted by Crippen LogP contribution is 2.23. The Balaban J connectivity index is 1.99. The summed E-state index contributed by atoms with van der Waals surface area (Å²) in [5.74, 6) is -0.604. The first-order chi connectivity index (χ1) is 10.1. The fourth-order valence-corrected chi connectivity index (χ4v) is 2.85. The lowest BCUT2D eigenvalue weighted by atomic mass is 9.93. The van der Waals surface area contributed by atoms with Crippen LogP contribution in [0.5, 0.6) is 0 Å². The quantitative estimate of drug-likeness (QED) is 0.829. The molecule has 0 amide bonds. The van der Waals surface area contributed by atoms with Gasteiger partial charge in [-0.2, -0.15) is 0 Å². The van der Waals surface area contributed by atoms with Gasteiger partial charge in [-0.25, -0.2) is 4.39 Å². The van der Waals surface area contributed by atoms with Crippen LogP contribution < -0.4 is 5.73 Å². The summed E-state index contributed by atoms with van der Waals surface area (Å²) >= 11 is 0. The third-order valence-corrected chi connectivity index (χ3v) is 4.06. The van der Waals surface area contributed by atoms with Crippen LogP contribution in [0.1, 0.15) is 24.8 Å². The van der Waals surface area contributed by atoms with Crippen molar-refractivity contribution in [1.29, 1.82) is 0 Å². The number of nitrogens with two attached hydrogens (primary N) is 1. The average Bonchev–Trinajstić information content (AvgIpc) is 2.53. The SMILES string of the molecule is N[C](C(=O)CO)C1CCCCN1CCc1ccccc1F. The second-order valence-electron chi connectivity index (χ2n) is 5.43. The van der Waals surface area contributed by atoms with E-state index < -0.39 is 12.4 Å². The van der Waals surface area contributed by atoms with Crippen molar-refractivity contribution in [2.24, 2.45) is 5.73 Å². The Kier molecular flexibility index (Phi) is 5.85. The van der Waals surface area contributed by atoms with E-state index in [0.29, 0.717) is 18.5 Å². The van der Waals surface area contributed by atoms with Gasteiger partial charge in [0, 0.05) is 12.6 Å². The minimum atomic E-state index is -0.552. The largest absolute Gasteiger partial charge is 0.389 e. The average molecular weight is 293 g/mol. The smallest absolute Gasteiger partial charge is 0.181 e. The first-order valence-electron chi connectivity index (χ1n) is 7.37. The zero-order valence-electron chi connectivity index (χ0n) is 12.1. The minimum Gasteiger partial charge on any atom is -0.389 e. The molecule has 0 aliphatic carbocycles. The molecule has 1 unspecified atom stereocenters. The van der Waals surface area contributed by atoms with Gasteiger partial charge in [-0.1, -0.05) is 24.6 Å². The van der Waals surface area contributed by atoms with Crippen LogP contribution in [0.2, 0.25) is 0 Å². The molecule has 1 heterocycles. The third-order valence-electron chi connectivity index (χ3n) is 4.06. The van der Waals surface area contributed by atoms with E-state index in [0.717, 1.165) is 25.8 Å². The fourth-order valence-electron chi connectivity index (χ4n) is 2.85. The number of halogens is 1. The predicted octanol–water partition coefficient (Wildman–Crippen LogP) is 1.27. The highest BCUT2D eigenvalue weighted by atomic mass is 19.1. The van der Waals surface area contributed by atoms with Gasteiger partial charge in [0.25, 0.3) is 0 Å². The molecule has 1 radical (unpaired) electrons. The molecule has 4 nitrogen and oxygen atoms in total. The summed E-state index contributed by atoms with van der Waals surface area (Å²) in [5.41, 5.74) is 6.56. The maximum Gasteiger partial charge on any atom is 0.181 e. The molecule has 115 valence electrons. The molecule has 1 aliphatic rings. The van der Waals surface area contributed by atoms with Crippen molar-refractivity contribution in [1.82, 2.24) is 4.90 Å². The van der Waals surface area contributed by atoms with Crippen LogP contribution in [0.15, 0.2) is 24.3 Å². The van der Waals surface area contributed by atoms with Crippen molar-refractivity contribution in [2.45, 2.75) is 31.7 Å². The van der Waals surface area contributed by atoms with E-state index in [-0.39, 0.29) is 17.9 Å². The molecule has 1 saturated heterocycles. The maximum absolute atomic E-state index is 13.6. The van der Waals surface area contributed by atoms with Crippen molar-refractivity contribution >= 4 is 5.78 Å². The topological polar surface area (TPSA) is 66.6 Å². The summed E-state index contributed by atoms with van der Waals surface area (Å²) in [4.78, 5) is 13.7. The number of benzene rings is 1. The summed E-state index contributed by atoms with van der Waals surface area (Å²) < 4.78 is 13.6. The van der Waals surface area contributed by atoms with Gasteiger partial charge in [-0.3, -0.25) is 9.69 Å². The van der Waals surface area contributed by atoms with E-state index in [9.17, 15) is 9.18 Å². The van der Waals surface area contributed by atoms with Gasteiger partial charge < -0.3 is 10.8 Å². The number of hydrogen-bond acceptors (Lipinski definition) is 4. The number of likely N-dealkylation sites (tertiary alicyclic amines) is 1. The second kappa shape index (κ2) is 7.64. The van der Waals surface area contributed by atoms with Crippen LogP contribution in [0.4, 0.5) is 4.39 Å². The van der Waals surface area contributed by atoms with Crippen LogP contribution in [0, 0.1) is 11.9 Å². The molecule has 0 bridgehead atoms. The summed E-state index contributed by atoms with van der Waals surface area (Å²) in [6, 6.07) is 6.82. The van der Waals surface area contributed by atoms with Crippen LogP contribution in [-0.2, 0) is 11.2 Å². The van der Waals surface area contributed by atoms with Crippen molar-refractivity contribution in [3.8, 4) is 0 Å². The van der Waals surface area contributed by atoms with Crippen molar-refractivity contribution in [2.75, 3.05) is 19.7 Å². The lowest BCUT2D eigenvalue weighted by molar-refractivity contribution is -0.121. The van der Waals surface area contributed by atoms with Gasteiger partial charge in [-0.05, 0) is 37.4 Å². The molecule has 0 spiro atoms. The third kappa shape index (κ3) is 4.09. The monoisotopic (exact) mass is 293 g/mol. The molecule has 1 aromatic rings. The molecule has 1 aromatic carbocycles. The molecule has 3 N–H and O–H groups in total. The van der Waals surface area contributed by atoms with Crippen molar-refractivity contribution in [3.05, 3.63) is 41.7 Å². The lowest BCUT2D eigenvalue weighted by Crippen LogP contribution is -2.50. The number of carbonyl (C=O) groups is 1. The summed E-state index contributed by atoms with van der Waals surface area (Å²) in [5, 5.41) is 8.95. The molecular formula is C16H22FN2O2. The van der Waals surface area contributed by atoms with Gasteiger partial charge in [0.1, 0.15) is 18.5 Å². The molecular weight excluding hydrogens is 271 g/mol. The minimum absolute atomic E-state index is 0.134. The number of aliphatic hydroxyl groups excluding tert-OH is 1. The van der Waals surface area contributed by atoms with Crippen LogP contribution in [0.25, 0.3) is 0 Å². The Morgan fingerprint density at radius 1 is 1.38 bits per heavy atom. The molecule has 1 aliphatic heterocycles. The molecule has 5 heteroatoms. The zero-order chi connectivity index (χ0) is 15.2. The van der Waals surface area contributed by atoms with Crippen LogP contribution >= 0.6 is 0 Å². The molecule has 1 fully saturated rings. The van der Waals surface area contributed by atoms with Gasteiger partial charge in [0.15, 0.2) is 5.78 Å². The Morgan fingerprint density at radius 3 is 2.86 bits per heavy atom. The number of piperidine rings is 1. The van der Waals surface area contributed by atoms with Gasteiger partial charge >= 0.3 is 0 Å². The van der Waals surface area contributed by atoms with Gasteiger partial charge in [0.2, 0.25) is 0 Å². The first kappa shape index (κ1) is 16.1. The molecule has 2 rings (SSSR count). The number of hydrogen-bond donors (Lipinski definition) is 2. The highest BCUT2D eigenvalue weighted by molar-refractivity contribution is 5.93. The number of nitrogens with zero attached hydrogens (tertiary/aromatic N) is 1. The fraction of sp³-hybridized carbons (Fsp3) is 0.500. The van der Waals surface area contributed by atoms with E-state index >= 15 is 0 Å². The van der Waals surface area contributed by atoms with E-state index in [4.69, 9.17) is 10.8 Å². The molecule has 1 atom stereocenters. The normalized spacial score (nSPS) is 19.9. The Hall–Kier alpha value is -1.30. The summed E-state index contributed by atoms with van der Waals surface area (Å²) in [6.07, 6.45) is 3.47. The Morgan fingerprint density at radius 2 is 2.14 bits per heavy atom. The highest BCUT2D eigenvalue weighted by Gasteiger charge is 2.32. The van der Waals surface area contributed by atoms with Crippen molar-refractivity contribution < 1.29 is 14.3 Å². The maximum atomic E-state index is 13.6. The number of aliphatic hydroxyl groups is 1. The van der Waals surface area contributed by atoms with E-state index in [1.54, 1.807) is 12.1 Å². The van der Waals surface area contributed by atoms with Gasteiger partial charge in [0.05, 0.1) is 0 Å². The molecule has 21 heavy (non-hydrogen) atoms. The van der Waals surface area contributed by atoms with Crippen LogP contribution in [0.3, 0.4) is 0 Å². The van der Waals surface area contributed by atoms with E-state index in [1.807, 2.05) is 6.07 Å². The molecule has 0 saturated carbocycles. The number of Topliss-reactive ketones (excluding diaryl/α,β-unsaturated/α-hetero) is 1. The Labute approximate surface area is 124 Å². The van der Waals surface area contributed by atoms with Crippen molar-refractivity contribution in [3.63, 3.8) is 0 Å². The summed E-state index contributed by atoms with van der Waals surface area (Å²) in [6.45, 7) is 0.951. The number of ketones is 1. The standard InChI is InChI=1S/C16H22FN2O2/c17-13-6-2-1-5-12(13)8-10-19-9-4-3-7-14(19)16(18)15(21)11-20/h1-2,5-6,14,20H,3-4,7-11,18H2. The van der Waals surface area contributed by atoms with E-state index in [2.05, 4.69) is 4.90 Å². The predicted molar refractivity (Wildman–Crippen MR) is 78.8 cm³/mol.